The van der Waals surface area contributed by atoms with Crippen LogP contribution >= 0.6 is 11.8 Å². The third-order valence-electron chi connectivity index (χ3n) is 2.39. The number of rotatable bonds is 2. The minimum Gasteiger partial charge on any atom is -0.362 e. The molecule has 15 heavy (non-hydrogen) atoms. The maximum atomic E-state index is 10.9. The smallest absolute Gasteiger partial charge is 0.246 e. The number of ether oxygens (including phenoxy) is 1. The van der Waals surface area contributed by atoms with Crippen LogP contribution in [-0.2, 0) is 9.53 Å². The van der Waals surface area contributed by atoms with E-state index in [0.717, 1.165) is 5.56 Å². The van der Waals surface area contributed by atoms with Crippen LogP contribution in [0.4, 0.5) is 0 Å². The van der Waals surface area contributed by atoms with Crippen LogP contribution in [-0.4, -0.2) is 25.3 Å². The Bertz CT molecular complexity index is 340. The molecule has 1 amide bonds. The van der Waals surface area contributed by atoms with Gasteiger partial charge in [-0.15, -0.1) is 11.8 Å². The maximum Gasteiger partial charge on any atom is 0.246 e. The second kappa shape index (κ2) is 4.68. The summed E-state index contributed by atoms with van der Waals surface area (Å²) >= 11 is 1.71. The average Bonchev–Trinajstić information content (AvgIpc) is 2.30. The summed E-state index contributed by atoms with van der Waals surface area (Å²) in [5, 5.41) is 2.79. The van der Waals surface area contributed by atoms with Gasteiger partial charge in [0.05, 0.1) is 0 Å². The summed E-state index contributed by atoms with van der Waals surface area (Å²) in [4.78, 5) is 12.1. The van der Waals surface area contributed by atoms with Crippen LogP contribution in [0.25, 0.3) is 0 Å². The normalized spacial score (nSPS) is 21.1. The van der Waals surface area contributed by atoms with Gasteiger partial charge < -0.3 is 10.1 Å². The lowest BCUT2D eigenvalue weighted by molar-refractivity contribution is -0.133. The molecule has 1 unspecified atom stereocenters. The summed E-state index contributed by atoms with van der Waals surface area (Å²) < 4.78 is 5.43. The van der Waals surface area contributed by atoms with Crippen molar-refractivity contribution in [2.45, 2.75) is 11.0 Å². The van der Waals surface area contributed by atoms with E-state index in [1.165, 1.54) is 4.90 Å². The number of nitrogens with one attached hydrogen (secondary N) is 1. The fourth-order valence-corrected chi connectivity index (χ4v) is 1.93. The van der Waals surface area contributed by atoms with Gasteiger partial charge in [0, 0.05) is 11.4 Å². The van der Waals surface area contributed by atoms with E-state index < -0.39 is 0 Å². The Morgan fingerprint density at radius 2 is 2.13 bits per heavy atom. The van der Waals surface area contributed by atoms with Crippen molar-refractivity contribution in [3.05, 3.63) is 29.8 Å². The van der Waals surface area contributed by atoms with Crippen LogP contribution in [0.5, 0.6) is 0 Å². The van der Waals surface area contributed by atoms with E-state index >= 15 is 0 Å². The molecule has 1 heterocycles. The minimum absolute atomic E-state index is 0.00129. The van der Waals surface area contributed by atoms with Crippen molar-refractivity contribution in [1.29, 1.82) is 0 Å². The van der Waals surface area contributed by atoms with E-state index in [4.69, 9.17) is 4.74 Å². The first-order chi connectivity index (χ1) is 7.29. The molecule has 1 aliphatic rings. The number of hydrogen-bond donors (Lipinski definition) is 1. The Balaban J connectivity index is 2.06. The Hall–Kier alpha value is -1.00. The molecule has 1 saturated heterocycles. The van der Waals surface area contributed by atoms with Crippen LogP contribution < -0.4 is 5.32 Å². The molecule has 0 radical (unpaired) electrons. The highest BCUT2D eigenvalue weighted by Crippen LogP contribution is 2.22. The molecule has 1 aromatic rings. The quantitative estimate of drug-likeness (QED) is 0.774. The number of benzene rings is 1. The predicted octanol–water partition coefficient (Wildman–Crippen LogP) is 1.60. The molecule has 0 bridgehead atoms. The highest BCUT2D eigenvalue weighted by molar-refractivity contribution is 7.98. The summed E-state index contributed by atoms with van der Waals surface area (Å²) in [6.45, 7) is 0.729. The summed E-state index contributed by atoms with van der Waals surface area (Å²) in [5.74, 6) is -0.0352. The van der Waals surface area contributed by atoms with Gasteiger partial charge in [0.25, 0.3) is 0 Å². The first-order valence-corrected chi connectivity index (χ1v) is 6.04. The standard InChI is InChI=1S/C11H13NO2S/c1-15-9-4-2-8(3-5-9)10-6-12-11(13)7-14-10/h2-5,10H,6-7H2,1H3,(H,12,13). The Morgan fingerprint density at radius 3 is 2.67 bits per heavy atom. The molecule has 3 nitrogen and oxygen atoms in total. The van der Waals surface area contributed by atoms with Crippen molar-refractivity contribution >= 4 is 17.7 Å². The first-order valence-electron chi connectivity index (χ1n) is 4.82. The highest BCUT2D eigenvalue weighted by atomic mass is 32.2. The molecular formula is C11H13NO2S. The molecule has 80 valence electrons. The molecular weight excluding hydrogens is 210 g/mol. The van der Waals surface area contributed by atoms with Gasteiger partial charge in [0.2, 0.25) is 5.91 Å². The fourth-order valence-electron chi connectivity index (χ4n) is 1.53. The Morgan fingerprint density at radius 1 is 1.40 bits per heavy atom. The zero-order valence-electron chi connectivity index (χ0n) is 8.53. The van der Waals surface area contributed by atoms with Crippen LogP contribution in [0.3, 0.4) is 0 Å². The van der Waals surface area contributed by atoms with Crippen LogP contribution in [0.2, 0.25) is 0 Å². The van der Waals surface area contributed by atoms with Crippen LogP contribution in [0.1, 0.15) is 11.7 Å². The molecule has 0 saturated carbocycles. The molecule has 1 N–H and O–H groups in total. The highest BCUT2D eigenvalue weighted by Gasteiger charge is 2.19. The number of thioether (sulfide) groups is 1. The van der Waals surface area contributed by atoms with Gasteiger partial charge in [-0.05, 0) is 24.0 Å². The van der Waals surface area contributed by atoms with Crippen LogP contribution in [0, 0.1) is 0 Å². The second-order valence-corrected chi connectivity index (χ2v) is 4.26. The summed E-state index contributed by atoms with van der Waals surface area (Å²) in [5.41, 5.74) is 1.12. The lowest BCUT2D eigenvalue weighted by Crippen LogP contribution is -2.38. The first kappa shape index (κ1) is 10.5. The number of amides is 1. The van der Waals surface area contributed by atoms with Crippen molar-refractivity contribution in [3.8, 4) is 0 Å². The molecule has 0 aromatic heterocycles. The van der Waals surface area contributed by atoms with E-state index in [1.54, 1.807) is 11.8 Å². The van der Waals surface area contributed by atoms with Gasteiger partial charge in [-0.25, -0.2) is 0 Å². The molecule has 1 atom stereocenters. The van der Waals surface area contributed by atoms with Crippen molar-refractivity contribution < 1.29 is 9.53 Å². The van der Waals surface area contributed by atoms with Crippen molar-refractivity contribution in [1.82, 2.24) is 5.32 Å². The zero-order chi connectivity index (χ0) is 10.7. The number of hydrogen-bond acceptors (Lipinski definition) is 3. The third kappa shape index (κ3) is 2.52. The molecule has 2 rings (SSSR count). The third-order valence-corrected chi connectivity index (χ3v) is 3.13. The summed E-state index contributed by atoms with van der Waals surface area (Å²) in [6, 6.07) is 8.24. The Kier molecular flexibility index (Phi) is 3.28. The van der Waals surface area contributed by atoms with Gasteiger partial charge >= 0.3 is 0 Å². The SMILES string of the molecule is CSc1ccc(C2CNC(=O)CO2)cc1. The Labute approximate surface area is 93.2 Å². The van der Waals surface area contributed by atoms with E-state index in [2.05, 4.69) is 17.4 Å². The van der Waals surface area contributed by atoms with E-state index in [-0.39, 0.29) is 18.6 Å². The van der Waals surface area contributed by atoms with E-state index in [9.17, 15) is 4.79 Å². The van der Waals surface area contributed by atoms with Gasteiger partial charge in [-0.2, -0.15) is 0 Å². The minimum atomic E-state index is -0.0352. The topological polar surface area (TPSA) is 38.3 Å². The lowest BCUT2D eigenvalue weighted by Gasteiger charge is -2.23. The maximum absolute atomic E-state index is 10.9. The van der Waals surface area contributed by atoms with Crippen molar-refractivity contribution in [2.24, 2.45) is 0 Å². The van der Waals surface area contributed by atoms with Gasteiger partial charge in [-0.3, -0.25) is 4.79 Å². The molecule has 0 aliphatic carbocycles. The lowest BCUT2D eigenvalue weighted by atomic mass is 10.1. The molecule has 0 spiro atoms. The number of morpholine rings is 1. The van der Waals surface area contributed by atoms with Gasteiger partial charge in [-0.1, -0.05) is 12.1 Å². The zero-order valence-corrected chi connectivity index (χ0v) is 9.34. The average molecular weight is 223 g/mol. The fraction of sp³-hybridized carbons (Fsp3) is 0.364. The van der Waals surface area contributed by atoms with Crippen LogP contribution in [0.15, 0.2) is 29.2 Å². The monoisotopic (exact) mass is 223 g/mol. The van der Waals surface area contributed by atoms with Crippen molar-refractivity contribution in [2.75, 3.05) is 19.4 Å². The van der Waals surface area contributed by atoms with E-state index in [0.29, 0.717) is 6.54 Å². The second-order valence-electron chi connectivity index (χ2n) is 3.38. The number of carbonyl (C=O) groups excluding carboxylic acids is 1. The number of carbonyl (C=O) groups is 1. The summed E-state index contributed by atoms with van der Waals surface area (Å²) in [6.07, 6.45) is 2.05. The van der Waals surface area contributed by atoms with Gasteiger partial charge in [0.1, 0.15) is 12.7 Å². The largest absolute Gasteiger partial charge is 0.362 e. The molecule has 4 heteroatoms. The molecule has 1 aliphatic heterocycles. The molecule has 1 aromatic carbocycles. The van der Waals surface area contributed by atoms with Crippen molar-refractivity contribution in [3.63, 3.8) is 0 Å². The molecule has 1 fully saturated rings. The summed E-state index contributed by atoms with van der Waals surface area (Å²) in [7, 11) is 0. The van der Waals surface area contributed by atoms with Gasteiger partial charge in [0.15, 0.2) is 0 Å². The van der Waals surface area contributed by atoms with E-state index in [1.807, 2.05) is 18.4 Å². The predicted molar refractivity (Wildman–Crippen MR) is 59.9 cm³/mol.